The Kier molecular flexibility index (Phi) is 3.05. The fourth-order valence-corrected chi connectivity index (χ4v) is 2.25. The maximum Gasteiger partial charge on any atom is 0.354 e. The number of carboxylic acids is 1. The van der Waals surface area contributed by atoms with Gasteiger partial charge in [0, 0.05) is 12.3 Å². The molecule has 0 aromatic carbocycles. The van der Waals surface area contributed by atoms with Gasteiger partial charge in [-0.2, -0.15) is 0 Å². The van der Waals surface area contributed by atoms with Gasteiger partial charge in [0.05, 0.1) is 18.1 Å². The summed E-state index contributed by atoms with van der Waals surface area (Å²) in [5.74, 6) is -3.73. The first kappa shape index (κ1) is 13.7. The van der Waals surface area contributed by atoms with Crippen molar-refractivity contribution >= 4 is 23.4 Å². The van der Waals surface area contributed by atoms with E-state index >= 15 is 0 Å². The highest BCUT2D eigenvalue weighted by atomic mass is 35.5. The highest BCUT2D eigenvalue weighted by Crippen LogP contribution is 2.32. The zero-order valence-electron chi connectivity index (χ0n) is 10.5. The van der Waals surface area contributed by atoms with E-state index in [0.717, 1.165) is 4.68 Å². The van der Waals surface area contributed by atoms with Crippen LogP contribution in [0.5, 0.6) is 0 Å². The summed E-state index contributed by atoms with van der Waals surface area (Å²) < 4.78 is 26.8. The van der Waals surface area contributed by atoms with E-state index in [0.29, 0.717) is 0 Å². The fourth-order valence-electron chi connectivity index (χ4n) is 2.04. The number of rotatable bonds is 3. The maximum atomic E-state index is 12.9. The number of hydrogen-bond acceptors (Lipinski definition) is 4. The molecule has 110 valence electrons. The van der Waals surface area contributed by atoms with E-state index in [4.69, 9.17) is 11.6 Å². The second kappa shape index (κ2) is 4.66. The van der Waals surface area contributed by atoms with E-state index in [2.05, 4.69) is 10.1 Å². The number of aromatic nitrogens is 3. The van der Waals surface area contributed by atoms with Gasteiger partial charge in [-0.05, 0) is 12.1 Å². The van der Waals surface area contributed by atoms with Crippen LogP contribution in [-0.2, 0) is 0 Å². The Morgan fingerprint density at radius 1 is 1.43 bits per heavy atom. The Morgan fingerprint density at radius 2 is 2.14 bits per heavy atom. The predicted octanol–water partition coefficient (Wildman–Crippen LogP) is 2.07. The normalized spacial score (nSPS) is 16.6. The van der Waals surface area contributed by atoms with E-state index in [1.807, 2.05) is 0 Å². The number of carbonyl (C=O) groups is 1. The van der Waals surface area contributed by atoms with Crippen molar-refractivity contribution in [1.82, 2.24) is 14.8 Å². The molecule has 0 aliphatic carbocycles. The van der Waals surface area contributed by atoms with E-state index < -0.39 is 25.0 Å². The Morgan fingerprint density at radius 3 is 2.71 bits per heavy atom. The van der Waals surface area contributed by atoms with Crippen LogP contribution >= 0.6 is 11.6 Å². The third kappa shape index (κ3) is 2.42. The van der Waals surface area contributed by atoms with E-state index in [9.17, 15) is 18.7 Å². The van der Waals surface area contributed by atoms with Crippen molar-refractivity contribution in [2.24, 2.45) is 0 Å². The average molecular weight is 315 g/mol. The summed E-state index contributed by atoms with van der Waals surface area (Å²) in [4.78, 5) is 16.5. The molecule has 21 heavy (non-hydrogen) atoms. The first-order valence-electron chi connectivity index (χ1n) is 5.94. The minimum Gasteiger partial charge on any atom is -0.477 e. The third-order valence-corrected chi connectivity index (χ3v) is 3.32. The van der Waals surface area contributed by atoms with Crippen LogP contribution in [0.15, 0.2) is 24.4 Å². The molecule has 0 spiro atoms. The number of anilines is 1. The monoisotopic (exact) mass is 314 g/mol. The summed E-state index contributed by atoms with van der Waals surface area (Å²) in [6, 6.07) is 4.35. The topological polar surface area (TPSA) is 71.2 Å². The van der Waals surface area contributed by atoms with Gasteiger partial charge in [-0.25, -0.2) is 23.2 Å². The predicted molar refractivity (Wildman–Crippen MR) is 70.5 cm³/mol. The Hall–Kier alpha value is -2.22. The van der Waals surface area contributed by atoms with Crippen molar-refractivity contribution in [2.75, 3.05) is 18.0 Å². The van der Waals surface area contributed by atoms with Gasteiger partial charge in [-0.3, -0.25) is 0 Å². The smallest absolute Gasteiger partial charge is 0.354 e. The second-order valence-electron chi connectivity index (χ2n) is 4.63. The zero-order valence-corrected chi connectivity index (χ0v) is 11.3. The molecule has 0 atom stereocenters. The first-order chi connectivity index (χ1) is 9.87. The summed E-state index contributed by atoms with van der Waals surface area (Å²) in [5, 5.41) is 13.5. The molecule has 3 rings (SSSR count). The highest BCUT2D eigenvalue weighted by molar-refractivity contribution is 6.32. The molecule has 0 radical (unpaired) electrons. The van der Waals surface area contributed by atoms with Crippen LogP contribution in [0.4, 0.5) is 14.6 Å². The van der Waals surface area contributed by atoms with E-state index in [-0.39, 0.29) is 22.4 Å². The molecule has 1 aliphatic heterocycles. The molecule has 6 nitrogen and oxygen atoms in total. The lowest BCUT2D eigenvalue weighted by Crippen LogP contribution is -2.56. The number of halogens is 3. The lowest BCUT2D eigenvalue weighted by molar-refractivity contribution is -0.0267. The molecule has 0 unspecified atom stereocenters. The molecule has 1 fully saturated rings. The lowest BCUT2D eigenvalue weighted by Gasteiger charge is -2.38. The van der Waals surface area contributed by atoms with Gasteiger partial charge in [0.25, 0.3) is 5.92 Å². The van der Waals surface area contributed by atoms with Gasteiger partial charge >= 0.3 is 5.97 Å². The van der Waals surface area contributed by atoms with Crippen molar-refractivity contribution in [3.8, 4) is 5.82 Å². The number of carboxylic acid groups (broad SMARTS) is 1. The largest absolute Gasteiger partial charge is 0.477 e. The molecule has 2 aromatic heterocycles. The van der Waals surface area contributed by atoms with Crippen LogP contribution in [0.25, 0.3) is 5.82 Å². The second-order valence-corrected chi connectivity index (χ2v) is 5.03. The molecule has 2 aromatic rings. The summed E-state index contributed by atoms with van der Waals surface area (Å²) >= 11 is 5.97. The SMILES string of the molecule is O=C(O)c1cc(N2CC(F)(F)C2)nn1-c1ncccc1Cl. The summed E-state index contributed by atoms with van der Waals surface area (Å²) in [6.45, 7) is -0.974. The first-order valence-corrected chi connectivity index (χ1v) is 6.32. The van der Waals surface area contributed by atoms with Crippen LogP contribution in [0.2, 0.25) is 5.02 Å². The van der Waals surface area contributed by atoms with Crippen LogP contribution in [0, 0.1) is 0 Å². The number of pyridine rings is 1. The van der Waals surface area contributed by atoms with Gasteiger partial charge in [-0.1, -0.05) is 11.6 Å². The van der Waals surface area contributed by atoms with E-state index in [1.165, 1.54) is 23.2 Å². The molecule has 9 heteroatoms. The molecule has 1 saturated heterocycles. The summed E-state index contributed by atoms with van der Waals surface area (Å²) in [5.41, 5.74) is -0.194. The molecule has 0 amide bonds. The fraction of sp³-hybridized carbons (Fsp3) is 0.250. The Balaban J connectivity index is 2.02. The van der Waals surface area contributed by atoms with Crippen molar-refractivity contribution in [3.63, 3.8) is 0 Å². The van der Waals surface area contributed by atoms with Gasteiger partial charge in [-0.15, -0.1) is 5.10 Å². The average Bonchev–Trinajstić information content (AvgIpc) is 2.81. The molecule has 3 heterocycles. The van der Waals surface area contributed by atoms with Gasteiger partial charge in [0.2, 0.25) is 0 Å². The van der Waals surface area contributed by atoms with Crippen molar-refractivity contribution < 1.29 is 18.7 Å². The molecule has 0 saturated carbocycles. The van der Waals surface area contributed by atoms with Crippen molar-refractivity contribution in [2.45, 2.75) is 5.92 Å². The van der Waals surface area contributed by atoms with Crippen molar-refractivity contribution in [3.05, 3.63) is 35.1 Å². The Bertz CT molecular complexity index is 711. The van der Waals surface area contributed by atoms with Gasteiger partial charge < -0.3 is 10.0 Å². The highest BCUT2D eigenvalue weighted by Gasteiger charge is 2.45. The standard InChI is InChI=1S/C12H9ClF2N4O2/c13-7-2-1-3-16-10(7)19-8(11(20)21)4-9(17-19)18-5-12(14,15)6-18/h1-4H,5-6H2,(H,20,21). The van der Waals surface area contributed by atoms with Crippen LogP contribution in [0.1, 0.15) is 10.5 Å². The molecule has 1 aliphatic rings. The zero-order chi connectivity index (χ0) is 15.2. The third-order valence-electron chi connectivity index (χ3n) is 3.02. The number of hydrogen-bond donors (Lipinski definition) is 1. The number of aromatic carboxylic acids is 1. The maximum absolute atomic E-state index is 12.9. The lowest BCUT2D eigenvalue weighted by atomic mass is 10.1. The van der Waals surface area contributed by atoms with Crippen LogP contribution in [-0.4, -0.2) is 44.9 Å². The minimum atomic E-state index is -2.77. The molecule has 0 bridgehead atoms. The number of alkyl halides is 2. The van der Waals surface area contributed by atoms with E-state index in [1.54, 1.807) is 6.07 Å². The molecular weight excluding hydrogens is 306 g/mol. The number of nitrogens with zero attached hydrogens (tertiary/aromatic N) is 4. The Labute approximate surface area is 122 Å². The quantitative estimate of drug-likeness (QED) is 0.939. The summed E-state index contributed by atoms with van der Waals surface area (Å²) in [7, 11) is 0. The van der Waals surface area contributed by atoms with Crippen molar-refractivity contribution in [1.29, 1.82) is 0 Å². The molecule has 1 N–H and O–H groups in total. The van der Waals surface area contributed by atoms with Gasteiger partial charge in [0.1, 0.15) is 0 Å². The van der Waals surface area contributed by atoms with Crippen LogP contribution < -0.4 is 4.90 Å². The molecular formula is C12H9ClF2N4O2. The van der Waals surface area contributed by atoms with Crippen LogP contribution in [0.3, 0.4) is 0 Å². The minimum absolute atomic E-state index is 0.134. The van der Waals surface area contributed by atoms with Gasteiger partial charge in [0.15, 0.2) is 17.3 Å². The summed E-state index contributed by atoms with van der Waals surface area (Å²) in [6.07, 6.45) is 1.44.